The lowest BCUT2D eigenvalue weighted by molar-refractivity contribution is 0.341. The third-order valence-corrected chi connectivity index (χ3v) is 4.62. The van der Waals surface area contributed by atoms with E-state index < -0.39 is 0 Å². The van der Waals surface area contributed by atoms with Crippen molar-refractivity contribution in [3.05, 3.63) is 35.9 Å². The maximum atomic E-state index is 5.92. The van der Waals surface area contributed by atoms with Gasteiger partial charge in [0.15, 0.2) is 11.5 Å². The van der Waals surface area contributed by atoms with E-state index in [9.17, 15) is 0 Å². The summed E-state index contributed by atoms with van der Waals surface area (Å²) in [6.07, 6.45) is 5.10. The summed E-state index contributed by atoms with van der Waals surface area (Å²) in [7, 11) is 3.25. The average molecular weight is 360 g/mol. The van der Waals surface area contributed by atoms with Crippen molar-refractivity contribution in [3.8, 4) is 11.5 Å². The van der Waals surface area contributed by atoms with Gasteiger partial charge in [0.05, 0.1) is 31.0 Å². The maximum absolute atomic E-state index is 5.92. The number of ether oxygens (including phenoxy) is 2. The zero-order valence-electron chi connectivity index (χ0n) is 14.0. The fourth-order valence-electron chi connectivity index (χ4n) is 3.18. The van der Waals surface area contributed by atoms with Crippen LogP contribution in [0.3, 0.4) is 0 Å². The quantitative estimate of drug-likeness (QED) is 0.697. The number of rotatable bonds is 5. The molecule has 7 nitrogen and oxygen atoms in total. The lowest BCUT2D eigenvalue weighted by atomic mass is 9.99. The highest BCUT2D eigenvalue weighted by molar-refractivity contribution is 6.30. The zero-order chi connectivity index (χ0) is 17.4. The molecule has 1 aromatic carbocycles. The standard InChI is InChI=1S/C17H18ClN5O2/c1-24-15-3-13-14(4-16(15)25-2)19-10-20-17(13)22-6-11(7-22)8-23-9-12(18)5-21-23/h3-5,9-11H,6-8H2,1-2H3. The molecule has 0 aliphatic carbocycles. The highest BCUT2D eigenvalue weighted by Crippen LogP contribution is 2.36. The topological polar surface area (TPSA) is 65.3 Å². The molecule has 4 rings (SSSR count). The SMILES string of the molecule is COc1cc2ncnc(N3CC(Cn4cc(Cl)cn4)C3)c2cc1OC. The summed E-state index contributed by atoms with van der Waals surface area (Å²) in [5.41, 5.74) is 0.838. The predicted molar refractivity (Wildman–Crippen MR) is 95.6 cm³/mol. The van der Waals surface area contributed by atoms with Crippen LogP contribution in [0, 0.1) is 5.92 Å². The summed E-state index contributed by atoms with van der Waals surface area (Å²) in [5.74, 6) is 2.77. The number of halogens is 1. The Morgan fingerprint density at radius 3 is 2.60 bits per heavy atom. The number of aromatic nitrogens is 4. The third kappa shape index (κ3) is 2.95. The number of methoxy groups -OCH3 is 2. The first-order chi connectivity index (χ1) is 12.2. The van der Waals surface area contributed by atoms with E-state index in [1.807, 2.05) is 23.0 Å². The molecular weight excluding hydrogens is 342 g/mol. The largest absolute Gasteiger partial charge is 0.493 e. The molecular formula is C17H18ClN5O2. The van der Waals surface area contributed by atoms with Crippen LogP contribution in [0.4, 0.5) is 5.82 Å². The van der Waals surface area contributed by atoms with Crippen LogP contribution in [0.25, 0.3) is 10.9 Å². The zero-order valence-corrected chi connectivity index (χ0v) is 14.8. The molecule has 1 aliphatic rings. The molecule has 0 spiro atoms. The summed E-state index contributed by atoms with van der Waals surface area (Å²) in [6, 6.07) is 3.81. The molecule has 0 radical (unpaired) electrons. The van der Waals surface area contributed by atoms with Crippen molar-refractivity contribution < 1.29 is 9.47 Å². The van der Waals surface area contributed by atoms with Gasteiger partial charge in [0.25, 0.3) is 0 Å². The number of fused-ring (bicyclic) bond motifs is 1. The number of hydrogen-bond acceptors (Lipinski definition) is 6. The van der Waals surface area contributed by atoms with E-state index in [0.29, 0.717) is 22.4 Å². The van der Waals surface area contributed by atoms with Crippen LogP contribution >= 0.6 is 11.6 Å². The monoisotopic (exact) mass is 359 g/mol. The minimum absolute atomic E-state index is 0.515. The molecule has 0 atom stereocenters. The fraction of sp³-hybridized carbons (Fsp3) is 0.353. The van der Waals surface area contributed by atoms with Crippen molar-refractivity contribution in [3.63, 3.8) is 0 Å². The molecule has 3 heterocycles. The van der Waals surface area contributed by atoms with Crippen LogP contribution in [0.5, 0.6) is 11.5 Å². The van der Waals surface area contributed by atoms with Gasteiger partial charge in [-0.2, -0.15) is 5.10 Å². The first-order valence-corrected chi connectivity index (χ1v) is 8.35. The molecule has 1 fully saturated rings. The Morgan fingerprint density at radius 1 is 1.16 bits per heavy atom. The number of benzene rings is 1. The molecule has 8 heteroatoms. The van der Waals surface area contributed by atoms with Crippen molar-refractivity contribution in [2.75, 3.05) is 32.2 Å². The van der Waals surface area contributed by atoms with Crippen molar-refractivity contribution >= 4 is 28.3 Å². The van der Waals surface area contributed by atoms with Crippen LogP contribution in [0.15, 0.2) is 30.9 Å². The molecule has 2 aromatic heterocycles. The van der Waals surface area contributed by atoms with E-state index in [2.05, 4.69) is 20.0 Å². The molecule has 1 aliphatic heterocycles. The van der Waals surface area contributed by atoms with E-state index in [4.69, 9.17) is 21.1 Å². The number of nitrogens with zero attached hydrogens (tertiary/aromatic N) is 5. The Hall–Kier alpha value is -2.54. The molecule has 0 bridgehead atoms. The van der Waals surface area contributed by atoms with Gasteiger partial charge < -0.3 is 14.4 Å². The molecule has 3 aromatic rings. The summed E-state index contributed by atoms with van der Waals surface area (Å²) in [6.45, 7) is 2.68. The van der Waals surface area contributed by atoms with Crippen LogP contribution in [0.2, 0.25) is 5.02 Å². The van der Waals surface area contributed by atoms with E-state index in [-0.39, 0.29) is 0 Å². The number of anilines is 1. The first kappa shape index (κ1) is 16.0. The Balaban J connectivity index is 1.56. The molecule has 0 amide bonds. The van der Waals surface area contributed by atoms with Gasteiger partial charge in [-0.25, -0.2) is 9.97 Å². The maximum Gasteiger partial charge on any atom is 0.162 e. The van der Waals surface area contributed by atoms with Gasteiger partial charge in [-0.3, -0.25) is 4.68 Å². The van der Waals surface area contributed by atoms with Crippen molar-refractivity contribution in [1.29, 1.82) is 0 Å². The van der Waals surface area contributed by atoms with Gasteiger partial charge >= 0.3 is 0 Å². The summed E-state index contributed by atoms with van der Waals surface area (Å²) < 4.78 is 12.6. The van der Waals surface area contributed by atoms with Gasteiger partial charge in [-0.1, -0.05) is 11.6 Å². The van der Waals surface area contributed by atoms with Gasteiger partial charge in [0, 0.05) is 43.2 Å². The smallest absolute Gasteiger partial charge is 0.162 e. The lowest BCUT2D eigenvalue weighted by Gasteiger charge is -2.40. The van der Waals surface area contributed by atoms with E-state index in [1.165, 1.54) is 0 Å². The minimum atomic E-state index is 0.515. The molecule has 25 heavy (non-hydrogen) atoms. The van der Waals surface area contributed by atoms with Crippen LogP contribution < -0.4 is 14.4 Å². The first-order valence-electron chi connectivity index (χ1n) is 7.97. The van der Waals surface area contributed by atoms with Gasteiger partial charge in [-0.05, 0) is 6.07 Å². The molecule has 0 saturated carbocycles. The lowest BCUT2D eigenvalue weighted by Crippen LogP contribution is -2.49. The third-order valence-electron chi connectivity index (χ3n) is 4.42. The minimum Gasteiger partial charge on any atom is -0.493 e. The van der Waals surface area contributed by atoms with Crippen molar-refractivity contribution in [2.45, 2.75) is 6.54 Å². The van der Waals surface area contributed by atoms with E-state index in [0.717, 1.165) is 36.4 Å². The van der Waals surface area contributed by atoms with Crippen LogP contribution in [-0.4, -0.2) is 47.1 Å². The number of hydrogen-bond donors (Lipinski definition) is 0. The summed E-state index contributed by atoms with van der Waals surface area (Å²) >= 11 is 5.92. The van der Waals surface area contributed by atoms with Gasteiger partial charge in [0.2, 0.25) is 0 Å². The molecule has 0 N–H and O–H groups in total. The Kier molecular flexibility index (Phi) is 4.09. The normalized spacial score (nSPS) is 14.6. The van der Waals surface area contributed by atoms with Gasteiger partial charge in [-0.15, -0.1) is 0 Å². The molecule has 1 saturated heterocycles. The van der Waals surface area contributed by atoms with Crippen LogP contribution in [-0.2, 0) is 6.54 Å². The fourth-order valence-corrected chi connectivity index (χ4v) is 3.34. The van der Waals surface area contributed by atoms with E-state index >= 15 is 0 Å². The second-order valence-corrected chi connectivity index (χ2v) is 6.51. The van der Waals surface area contributed by atoms with E-state index in [1.54, 1.807) is 26.7 Å². The molecule has 130 valence electrons. The highest BCUT2D eigenvalue weighted by atomic mass is 35.5. The summed E-state index contributed by atoms with van der Waals surface area (Å²) in [4.78, 5) is 11.1. The van der Waals surface area contributed by atoms with Crippen molar-refractivity contribution in [1.82, 2.24) is 19.7 Å². The molecule has 0 unspecified atom stereocenters. The Bertz CT molecular complexity index is 907. The highest BCUT2D eigenvalue weighted by Gasteiger charge is 2.29. The van der Waals surface area contributed by atoms with Crippen LogP contribution in [0.1, 0.15) is 0 Å². The average Bonchev–Trinajstić information content (AvgIpc) is 3.01. The van der Waals surface area contributed by atoms with Gasteiger partial charge in [0.1, 0.15) is 12.1 Å². The second-order valence-electron chi connectivity index (χ2n) is 6.07. The summed E-state index contributed by atoms with van der Waals surface area (Å²) in [5, 5.41) is 5.86. The Labute approximate surface area is 150 Å². The Morgan fingerprint density at radius 2 is 1.92 bits per heavy atom. The van der Waals surface area contributed by atoms with Crippen molar-refractivity contribution in [2.24, 2.45) is 5.92 Å². The predicted octanol–water partition coefficient (Wildman–Crippen LogP) is 2.63. The second kappa shape index (κ2) is 6.40.